The second-order valence-electron chi connectivity index (χ2n) is 7.69. The SMILES string of the molecule is NC1[C@H]2CN(c3cc4c(cc3F)c(=O)c(C(=O)O)cn4-c3ccc(O)cc3)C[C@@H]12. The summed E-state index contributed by atoms with van der Waals surface area (Å²) in [5, 5.41) is 19.0. The van der Waals surface area contributed by atoms with E-state index in [1.807, 2.05) is 4.90 Å². The number of fused-ring (bicyclic) bond motifs is 2. The molecular formula is C21H18FN3O4. The molecule has 5 rings (SSSR count). The van der Waals surface area contributed by atoms with Crippen LogP contribution in [-0.4, -0.2) is 39.9 Å². The minimum atomic E-state index is -1.39. The van der Waals surface area contributed by atoms with E-state index in [2.05, 4.69) is 0 Å². The monoisotopic (exact) mass is 395 g/mol. The number of halogens is 1. The van der Waals surface area contributed by atoms with Crippen LogP contribution in [0.4, 0.5) is 10.1 Å². The van der Waals surface area contributed by atoms with Crippen molar-refractivity contribution in [3.8, 4) is 11.4 Å². The van der Waals surface area contributed by atoms with Crippen LogP contribution in [0.2, 0.25) is 0 Å². The molecule has 3 aromatic rings. The minimum Gasteiger partial charge on any atom is -0.508 e. The topological polar surface area (TPSA) is 109 Å². The van der Waals surface area contributed by atoms with Crippen LogP contribution in [0.5, 0.6) is 5.75 Å². The number of carbonyl (C=O) groups is 1. The normalized spacial score (nSPS) is 22.7. The number of hydrogen-bond acceptors (Lipinski definition) is 5. The number of rotatable bonds is 3. The molecule has 1 unspecified atom stereocenters. The summed E-state index contributed by atoms with van der Waals surface area (Å²) >= 11 is 0. The Balaban J connectivity index is 1.73. The third-order valence-electron chi connectivity index (χ3n) is 6.03. The molecule has 2 aromatic carbocycles. The van der Waals surface area contributed by atoms with Gasteiger partial charge in [0.15, 0.2) is 0 Å². The first-order chi connectivity index (χ1) is 13.8. The number of carboxylic acids is 1. The van der Waals surface area contributed by atoms with E-state index < -0.39 is 22.8 Å². The quantitative estimate of drug-likeness (QED) is 0.625. The van der Waals surface area contributed by atoms with Gasteiger partial charge < -0.3 is 25.4 Å². The number of aromatic nitrogens is 1. The second kappa shape index (κ2) is 6.05. The maximum Gasteiger partial charge on any atom is 0.341 e. The van der Waals surface area contributed by atoms with Gasteiger partial charge in [0, 0.05) is 36.4 Å². The Morgan fingerprint density at radius 3 is 2.41 bits per heavy atom. The predicted molar refractivity (Wildman–Crippen MR) is 105 cm³/mol. The molecule has 0 spiro atoms. The highest BCUT2D eigenvalue weighted by Gasteiger charge is 2.53. The zero-order chi connectivity index (χ0) is 20.4. The van der Waals surface area contributed by atoms with E-state index in [0.29, 0.717) is 41.8 Å². The number of anilines is 1. The van der Waals surface area contributed by atoms with Gasteiger partial charge in [-0.3, -0.25) is 4.79 Å². The molecule has 0 radical (unpaired) electrons. The first kappa shape index (κ1) is 17.7. The first-order valence-electron chi connectivity index (χ1n) is 9.27. The van der Waals surface area contributed by atoms with Crippen molar-refractivity contribution in [1.82, 2.24) is 4.57 Å². The Kier molecular flexibility index (Phi) is 3.69. The maximum absolute atomic E-state index is 14.9. The van der Waals surface area contributed by atoms with Crippen LogP contribution >= 0.6 is 0 Å². The summed E-state index contributed by atoms with van der Waals surface area (Å²) in [6.45, 7) is 1.32. The molecular weight excluding hydrogens is 377 g/mol. The zero-order valence-electron chi connectivity index (χ0n) is 15.2. The summed E-state index contributed by atoms with van der Waals surface area (Å²) in [6.07, 6.45) is 1.23. The summed E-state index contributed by atoms with van der Waals surface area (Å²) in [5.74, 6) is -1.18. The fourth-order valence-electron chi connectivity index (χ4n) is 4.32. The molecule has 0 bridgehead atoms. The molecule has 0 amide bonds. The Morgan fingerprint density at radius 1 is 1.14 bits per heavy atom. The summed E-state index contributed by atoms with van der Waals surface area (Å²) in [5.41, 5.74) is 6.09. The Hall–Kier alpha value is -3.39. The Morgan fingerprint density at radius 2 is 1.79 bits per heavy atom. The first-order valence-corrected chi connectivity index (χ1v) is 9.27. The Bertz CT molecular complexity index is 1210. The lowest BCUT2D eigenvalue weighted by atomic mass is 10.1. The summed E-state index contributed by atoms with van der Waals surface area (Å²) in [7, 11) is 0. The highest BCUT2D eigenvalue weighted by molar-refractivity contribution is 5.94. The van der Waals surface area contributed by atoms with E-state index in [-0.39, 0.29) is 17.2 Å². The average molecular weight is 395 g/mol. The molecule has 1 saturated heterocycles. The summed E-state index contributed by atoms with van der Waals surface area (Å²) in [4.78, 5) is 26.2. The minimum absolute atomic E-state index is 0.0136. The molecule has 7 nitrogen and oxygen atoms in total. The number of hydrogen-bond donors (Lipinski definition) is 3. The molecule has 3 atom stereocenters. The van der Waals surface area contributed by atoms with Gasteiger partial charge in [-0.05, 0) is 48.2 Å². The van der Waals surface area contributed by atoms with Crippen LogP contribution in [-0.2, 0) is 0 Å². The molecule has 2 heterocycles. The molecule has 1 saturated carbocycles. The van der Waals surface area contributed by atoms with Gasteiger partial charge in [-0.25, -0.2) is 9.18 Å². The smallest absolute Gasteiger partial charge is 0.341 e. The van der Waals surface area contributed by atoms with Crippen LogP contribution < -0.4 is 16.1 Å². The number of phenols is 1. The Labute approximate surface area is 164 Å². The fraction of sp³-hybridized carbons (Fsp3) is 0.238. The van der Waals surface area contributed by atoms with Gasteiger partial charge in [0.25, 0.3) is 0 Å². The van der Waals surface area contributed by atoms with E-state index in [1.165, 1.54) is 22.9 Å². The molecule has 2 aliphatic rings. The maximum atomic E-state index is 14.9. The largest absolute Gasteiger partial charge is 0.508 e. The van der Waals surface area contributed by atoms with Crippen molar-refractivity contribution in [1.29, 1.82) is 0 Å². The average Bonchev–Trinajstić information content (AvgIpc) is 3.10. The lowest BCUT2D eigenvalue weighted by molar-refractivity contribution is 0.0695. The number of pyridine rings is 1. The highest BCUT2D eigenvalue weighted by atomic mass is 19.1. The number of nitrogens with zero attached hydrogens (tertiary/aromatic N) is 2. The molecule has 2 fully saturated rings. The van der Waals surface area contributed by atoms with Crippen molar-refractivity contribution in [3.63, 3.8) is 0 Å². The molecule has 1 aromatic heterocycles. The number of nitrogens with two attached hydrogens (primary N) is 1. The van der Waals surface area contributed by atoms with Gasteiger partial charge in [-0.2, -0.15) is 0 Å². The van der Waals surface area contributed by atoms with Gasteiger partial charge in [0.2, 0.25) is 5.43 Å². The lowest BCUT2D eigenvalue weighted by Gasteiger charge is -2.23. The van der Waals surface area contributed by atoms with Crippen molar-refractivity contribution in [3.05, 3.63) is 64.2 Å². The third kappa shape index (κ3) is 2.67. The molecule has 8 heteroatoms. The molecule has 1 aliphatic heterocycles. The number of carboxylic acid groups (broad SMARTS) is 1. The van der Waals surface area contributed by atoms with Gasteiger partial charge in [-0.15, -0.1) is 0 Å². The molecule has 148 valence electrons. The second-order valence-corrected chi connectivity index (χ2v) is 7.69. The number of piperidine rings is 1. The van der Waals surface area contributed by atoms with Crippen molar-refractivity contribution in [2.45, 2.75) is 6.04 Å². The van der Waals surface area contributed by atoms with Gasteiger partial charge in [-0.1, -0.05) is 0 Å². The fourth-order valence-corrected chi connectivity index (χ4v) is 4.32. The summed E-state index contributed by atoms with van der Waals surface area (Å²) in [6, 6.07) is 8.97. The van der Waals surface area contributed by atoms with E-state index in [4.69, 9.17) is 5.73 Å². The van der Waals surface area contributed by atoms with Crippen molar-refractivity contribution in [2.24, 2.45) is 17.6 Å². The van der Waals surface area contributed by atoms with Crippen molar-refractivity contribution in [2.75, 3.05) is 18.0 Å². The van der Waals surface area contributed by atoms with Gasteiger partial charge in [0.05, 0.1) is 11.2 Å². The molecule has 29 heavy (non-hydrogen) atoms. The van der Waals surface area contributed by atoms with Crippen LogP contribution in [0.3, 0.4) is 0 Å². The third-order valence-corrected chi connectivity index (χ3v) is 6.03. The van der Waals surface area contributed by atoms with E-state index in [1.54, 1.807) is 18.2 Å². The predicted octanol–water partition coefficient (Wildman–Crippen LogP) is 1.93. The number of benzene rings is 2. The van der Waals surface area contributed by atoms with Crippen LogP contribution in [0.1, 0.15) is 10.4 Å². The van der Waals surface area contributed by atoms with E-state index in [9.17, 15) is 24.2 Å². The molecule has 1 aliphatic carbocycles. The van der Waals surface area contributed by atoms with Gasteiger partial charge in [0.1, 0.15) is 17.1 Å². The summed E-state index contributed by atoms with van der Waals surface area (Å²) < 4.78 is 16.4. The number of aromatic hydroxyl groups is 1. The molecule has 4 N–H and O–H groups in total. The van der Waals surface area contributed by atoms with E-state index in [0.717, 1.165) is 6.07 Å². The van der Waals surface area contributed by atoms with Crippen LogP contribution in [0.15, 0.2) is 47.4 Å². The van der Waals surface area contributed by atoms with E-state index >= 15 is 0 Å². The van der Waals surface area contributed by atoms with Crippen molar-refractivity contribution >= 4 is 22.6 Å². The highest BCUT2D eigenvalue weighted by Crippen LogP contribution is 2.46. The van der Waals surface area contributed by atoms with Crippen molar-refractivity contribution < 1.29 is 19.4 Å². The van der Waals surface area contributed by atoms with Crippen LogP contribution in [0.25, 0.3) is 16.6 Å². The van der Waals surface area contributed by atoms with Gasteiger partial charge >= 0.3 is 5.97 Å². The zero-order valence-corrected chi connectivity index (χ0v) is 15.2. The van der Waals surface area contributed by atoms with Crippen LogP contribution in [0, 0.1) is 17.7 Å². The lowest BCUT2D eigenvalue weighted by Crippen LogP contribution is -2.29. The number of aromatic carboxylic acids is 1. The number of phenolic OH excluding ortho intramolecular Hbond substituents is 1. The standard InChI is InChI=1S/C21H18FN3O4/c22-16-5-12-17(6-18(16)24-7-13-14(8-24)19(13)23)25(9-15(20(12)27)21(28)29)10-1-3-11(26)4-2-10/h1-6,9,13-14,19,26H,7-8,23H2,(H,28,29)/t13-,14+,19?.